The molecular weight excluding hydrogens is 206 g/mol. The monoisotopic (exact) mass is 227 g/mol. The number of carbonyl (C=O) groups excluding carboxylic acids is 2. The van der Waals surface area contributed by atoms with Crippen LogP contribution < -0.4 is 16.0 Å². The van der Waals surface area contributed by atoms with Crippen LogP contribution in [-0.4, -0.2) is 37.5 Å². The second kappa shape index (κ2) is 6.48. The Bertz CT molecular complexity index is 250. The Hall–Kier alpha value is -1.10. The summed E-state index contributed by atoms with van der Waals surface area (Å²) in [6, 6.07) is 0.137. The van der Waals surface area contributed by atoms with Crippen LogP contribution in [0.15, 0.2) is 0 Å². The summed E-state index contributed by atoms with van der Waals surface area (Å²) in [5.74, 6) is 0.572. The summed E-state index contributed by atoms with van der Waals surface area (Å²) < 4.78 is 0. The number of amides is 2. The summed E-state index contributed by atoms with van der Waals surface area (Å²) in [6.45, 7) is 4.98. The molecule has 0 aromatic heterocycles. The van der Waals surface area contributed by atoms with Gasteiger partial charge in [-0.05, 0) is 32.6 Å². The normalized spacial score (nSPS) is 14.9. The highest BCUT2D eigenvalue weighted by Gasteiger charge is 2.21. The fourth-order valence-corrected chi connectivity index (χ4v) is 1.31. The van der Waals surface area contributed by atoms with Crippen molar-refractivity contribution in [1.82, 2.24) is 16.0 Å². The minimum atomic E-state index is -0.0787. The summed E-state index contributed by atoms with van der Waals surface area (Å²) in [4.78, 5) is 22.5. The van der Waals surface area contributed by atoms with Crippen LogP contribution in [0.2, 0.25) is 0 Å². The number of rotatable bonds is 7. The number of hydrogen-bond donors (Lipinski definition) is 3. The van der Waals surface area contributed by atoms with E-state index in [0.717, 1.165) is 6.54 Å². The van der Waals surface area contributed by atoms with Crippen molar-refractivity contribution < 1.29 is 9.59 Å². The Balaban J connectivity index is 1.96. The van der Waals surface area contributed by atoms with Crippen molar-refractivity contribution in [3.8, 4) is 0 Å². The molecule has 92 valence electrons. The molecule has 0 atom stereocenters. The van der Waals surface area contributed by atoms with Crippen LogP contribution in [-0.2, 0) is 9.59 Å². The van der Waals surface area contributed by atoms with Crippen molar-refractivity contribution in [2.75, 3.05) is 19.6 Å². The first-order chi connectivity index (χ1) is 7.58. The van der Waals surface area contributed by atoms with Crippen LogP contribution in [0.3, 0.4) is 0 Å². The van der Waals surface area contributed by atoms with Gasteiger partial charge in [0, 0.05) is 12.6 Å². The predicted molar refractivity (Wildman–Crippen MR) is 61.9 cm³/mol. The van der Waals surface area contributed by atoms with E-state index >= 15 is 0 Å². The second-order valence-electron chi connectivity index (χ2n) is 4.57. The molecule has 0 radical (unpaired) electrons. The van der Waals surface area contributed by atoms with E-state index in [-0.39, 0.29) is 30.9 Å². The third-order valence-electron chi connectivity index (χ3n) is 2.31. The molecule has 2 amide bonds. The lowest BCUT2D eigenvalue weighted by Crippen LogP contribution is -2.41. The molecule has 1 rings (SSSR count). The lowest BCUT2D eigenvalue weighted by atomic mass is 10.4. The van der Waals surface area contributed by atoms with Crippen molar-refractivity contribution in [3.63, 3.8) is 0 Å². The van der Waals surface area contributed by atoms with Gasteiger partial charge in [-0.3, -0.25) is 14.9 Å². The molecule has 5 nitrogen and oxygen atoms in total. The molecule has 5 heteroatoms. The van der Waals surface area contributed by atoms with Gasteiger partial charge < -0.3 is 10.6 Å². The maximum absolute atomic E-state index is 11.3. The van der Waals surface area contributed by atoms with Crippen LogP contribution in [0.4, 0.5) is 0 Å². The van der Waals surface area contributed by atoms with Gasteiger partial charge in [0.1, 0.15) is 0 Å². The van der Waals surface area contributed by atoms with Gasteiger partial charge in [0.15, 0.2) is 0 Å². The maximum Gasteiger partial charge on any atom is 0.234 e. The molecule has 0 aromatic carbocycles. The Morgan fingerprint density at radius 3 is 2.38 bits per heavy atom. The van der Waals surface area contributed by atoms with Crippen molar-refractivity contribution >= 4 is 11.8 Å². The molecule has 0 saturated heterocycles. The molecule has 1 aliphatic rings. The number of hydrogen-bond acceptors (Lipinski definition) is 3. The highest BCUT2D eigenvalue weighted by molar-refractivity contribution is 5.81. The molecule has 1 saturated carbocycles. The molecule has 3 N–H and O–H groups in total. The van der Waals surface area contributed by atoms with Gasteiger partial charge in [0.25, 0.3) is 0 Å². The highest BCUT2D eigenvalue weighted by Crippen LogP contribution is 2.27. The topological polar surface area (TPSA) is 70.2 Å². The summed E-state index contributed by atoms with van der Waals surface area (Å²) in [5, 5.41) is 8.38. The van der Waals surface area contributed by atoms with E-state index in [9.17, 15) is 9.59 Å². The molecule has 0 aromatic rings. The third kappa shape index (κ3) is 6.40. The Kier molecular flexibility index (Phi) is 5.25. The molecule has 0 bridgehead atoms. The zero-order valence-corrected chi connectivity index (χ0v) is 10.0. The average molecular weight is 227 g/mol. The van der Waals surface area contributed by atoms with E-state index in [1.54, 1.807) is 0 Å². The fourth-order valence-electron chi connectivity index (χ4n) is 1.31. The first-order valence-electron chi connectivity index (χ1n) is 5.84. The van der Waals surface area contributed by atoms with Gasteiger partial charge in [0.2, 0.25) is 11.8 Å². The summed E-state index contributed by atoms with van der Waals surface area (Å²) in [6.07, 6.45) is 2.45. The van der Waals surface area contributed by atoms with E-state index in [1.165, 1.54) is 12.8 Å². The summed E-state index contributed by atoms with van der Waals surface area (Å²) in [5.41, 5.74) is 0. The van der Waals surface area contributed by atoms with Crippen molar-refractivity contribution in [3.05, 3.63) is 0 Å². The van der Waals surface area contributed by atoms with E-state index in [4.69, 9.17) is 0 Å². The smallest absolute Gasteiger partial charge is 0.234 e. The molecule has 1 aliphatic carbocycles. The Morgan fingerprint density at radius 2 is 1.81 bits per heavy atom. The fraction of sp³-hybridized carbons (Fsp3) is 0.818. The van der Waals surface area contributed by atoms with E-state index < -0.39 is 0 Å². The summed E-state index contributed by atoms with van der Waals surface area (Å²) in [7, 11) is 0. The van der Waals surface area contributed by atoms with Crippen molar-refractivity contribution in [1.29, 1.82) is 0 Å². The minimum Gasteiger partial charge on any atom is -0.355 e. The van der Waals surface area contributed by atoms with E-state index in [0.29, 0.717) is 5.92 Å². The van der Waals surface area contributed by atoms with Gasteiger partial charge >= 0.3 is 0 Å². The largest absolute Gasteiger partial charge is 0.355 e. The van der Waals surface area contributed by atoms with Gasteiger partial charge in [-0.25, -0.2) is 0 Å². The highest BCUT2D eigenvalue weighted by atomic mass is 16.2. The number of carbonyl (C=O) groups is 2. The average Bonchev–Trinajstić information content (AvgIpc) is 2.96. The minimum absolute atomic E-state index is 0.0377. The first-order valence-corrected chi connectivity index (χ1v) is 5.84. The lowest BCUT2D eigenvalue weighted by molar-refractivity contribution is -0.121. The second-order valence-corrected chi connectivity index (χ2v) is 4.57. The van der Waals surface area contributed by atoms with Gasteiger partial charge in [-0.15, -0.1) is 0 Å². The standard InChI is InChI=1S/C11H21N3O2/c1-8(2)14-11(16)7-12-6-10(15)13-5-9-3-4-9/h8-9,12H,3-7H2,1-2H3,(H,13,15)(H,14,16). The van der Waals surface area contributed by atoms with E-state index in [1.807, 2.05) is 13.8 Å². The third-order valence-corrected chi connectivity index (χ3v) is 2.31. The van der Waals surface area contributed by atoms with Gasteiger partial charge in [-0.1, -0.05) is 0 Å². The van der Waals surface area contributed by atoms with Crippen LogP contribution in [0.25, 0.3) is 0 Å². The first kappa shape index (κ1) is 13.0. The van der Waals surface area contributed by atoms with Gasteiger partial charge in [-0.2, -0.15) is 0 Å². The van der Waals surface area contributed by atoms with Crippen LogP contribution in [0, 0.1) is 5.92 Å². The maximum atomic E-state index is 11.3. The molecule has 16 heavy (non-hydrogen) atoms. The predicted octanol–water partition coefficient (Wildman–Crippen LogP) is -0.373. The van der Waals surface area contributed by atoms with Crippen LogP contribution in [0.1, 0.15) is 26.7 Å². The van der Waals surface area contributed by atoms with Crippen LogP contribution >= 0.6 is 0 Å². The quantitative estimate of drug-likeness (QED) is 0.555. The van der Waals surface area contributed by atoms with Crippen molar-refractivity contribution in [2.45, 2.75) is 32.7 Å². The SMILES string of the molecule is CC(C)NC(=O)CNCC(=O)NCC1CC1. The molecule has 1 fully saturated rings. The zero-order chi connectivity index (χ0) is 12.0. The molecule has 0 spiro atoms. The van der Waals surface area contributed by atoms with Crippen molar-refractivity contribution in [2.24, 2.45) is 5.92 Å². The van der Waals surface area contributed by atoms with Crippen LogP contribution in [0.5, 0.6) is 0 Å². The molecular formula is C11H21N3O2. The van der Waals surface area contributed by atoms with Gasteiger partial charge in [0.05, 0.1) is 13.1 Å². The zero-order valence-electron chi connectivity index (χ0n) is 10.0. The molecule has 0 unspecified atom stereocenters. The van der Waals surface area contributed by atoms with E-state index in [2.05, 4.69) is 16.0 Å². The number of nitrogens with one attached hydrogen (secondary N) is 3. The summed E-state index contributed by atoms with van der Waals surface area (Å²) >= 11 is 0. The molecule has 0 heterocycles. The molecule has 0 aliphatic heterocycles. The Morgan fingerprint density at radius 1 is 1.19 bits per heavy atom. The Labute approximate surface area is 96.4 Å². The lowest BCUT2D eigenvalue weighted by Gasteiger charge is -2.09.